The number of hydrogen-bond acceptors (Lipinski definition) is 5. The predicted octanol–water partition coefficient (Wildman–Crippen LogP) is 5.01. The number of carbonyl (C=O) groups excluding carboxylic acids is 1. The van der Waals surface area contributed by atoms with E-state index in [1.54, 1.807) is 0 Å². The topological polar surface area (TPSA) is 48.1 Å². The third-order valence-electron chi connectivity index (χ3n) is 6.98. The van der Waals surface area contributed by atoms with Crippen LogP contribution in [0.5, 0.6) is 0 Å². The number of benzene rings is 3. The molecular formula is C32H42N4O2. The first-order valence-electron chi connectivity index (χ1n) is 14.0. The average Bonchev–Trinajstić information content (AvgIpc) is 3.37. The summed E-state index contributed by atoms with van der Waals surface area (Å²) in [6, 6.07) is 31.0. The van der Waals surface area contributed by atoms with E-state index in [0.29, 0.717) is 6.61 Å². The zero-order valence-electron chi connectivity index (χ0n) is 22.5. The summed E-state index contributed by atoms with van der Waals surface area (Å²) >= 11 is 0. The number of hydrogen-bond donors (Lipinski definition) is 1. The van der Waals surface area contributed by atoms with Crippen molar-refractivity contribution in [1.82, 2.24) is 20.0 Å². The zero-order chi connectivity index (χ0) is 26.3. The van der Waals surface area contributed by atoms with Gasteiger partial charge in [-0.2, -0.15) is 0 Å². The number of nitrogens with zero attached hydrogens (tertiary/aromatic N) is 3. The van der Waals surface area contributed by atoms with Gasteiger partial charge in [-0.25, -0.2) is 4.79 Å². The molecule has 6 nitrogen and oxygen atoms in total. The molecule has 2 aliphatic heterocycles. The minimum absolute atomic E-state index is 0.208. The lowest BCUT2D eigenvalue weighted by atomic mass is 10.2. The van der Waals surface area contributed by atoms with Crippen LogP contribution in [0.4, 0.5) is 4.79 Å². The molecule has 1 N–H and O–H groups in total. The van der Waals surface area contributed by atoms with Gasteiger partial charge in [0.15, 0.2) is 0 Å². The third-order valence-corrected chi connectivity index (χ3v) is 6.98. The molecule has 6 heteroatoms. The molecule has 2 saturated heterocycles. The summed E-state index contributed by atoms with van der Waals surface area (Å²) in [7, 11) is 0. The Balaban J connectivity index is 0.000000204. The molecule has 0 unspecified atom stereocenters. The number of nitrogens with one attached hydrogen (secondary N) is 1. The highest BCUT2D eigenvalue weighted by Crippen LogP contribution is 2.11. The van der Waals surface area contributed by atoms with Gasteiger partial charge >= 0.3 is 6.09 Å². The lowest BCUT2D eigenvalue weighted by molar-refractivity contribution is 0.0972. The first kappa shape index (κ1) is 27.8. The van der Waals surface area contributed by atoms with Crippen LogP contribution in [0.1, 0.15) is 29.5 Å². The Labute approximate surface area is 228 Å². The Morgan fingerprint density at radius 1 is 0.605 bits per heavy atom. The first-order chi connectivity index (χ1) is 18.8. The van der Waals surface area contributed by atoms with E-state index >= 15 is 0 Å². The van der Waals surface area contributed by atoms with Crippen LogP contribution in [0, 0.1) is 0 Å². The quantitative estimate of drug-likeness (QED) is 0.501. The molecule has 0 aromatic heterocycles. The largest absolute Gasteiger partial charge is 0.445 e. The molecule has 0 atom stereocenters. The second-order valence-corrected chi connectivity index (χ2v) is 10.0. The maximum atomic E-state index is 12.3. The fourth-order valence-electron chi connectivity index (χ4n) is 4.87. The summed E-state index contributed by atoms with van der Waals surface area (Å²) in [4.78, 5) is 19.0. The zero-order valence-corrected chi connectivity index (χ0v) is 22.5. The lowest BCUT2D eigenvalue weighted by Crippen LogP contribution is -2.35. The molecule has 2 heterocycles. The highest BCUT2D eigenvalue weighted by atomic mass is 16.6. The van der Waals surface area contributed by atoms with Crippen LogP contribution < -0.4 is 5.32 Å². The number of rotatable bonds is 6. The van der Waals surface area contributed by atoms with Crippen molar-refractivity contribution in [2.75, 3.05) is 52.4 Å². The molecule has 0 spiro atoms. The number of ether oxygens (including phenoxy) is 1. The van der Waals surface area contributed by atoms with Gasteiger partial charge in [0.2, 0.25) is 0 Å². The van der Waals surface area contributed by atoms with Crippen molar-refractivity contribution in [2.24, 2.45) is 0 Å². The standard InChI is InChI=1S/C20H24N2O2.C12H18N2/c23-20(24-17-19-10-5-2-6-11-19)22-13-7-12-21(14-15-22)16-18-8-3-1-4-9-18;1-2-5-12(6-3-1)11-14-9-4-7-13-8-10-14/h1-6,8-11H,7,12-17H2;1-3,5-6,13H,4,7-11H2. The highest BCUT2D eigenvalue weighted by Gasteiger charge is 2.20. The highest BCUT2D eigenvalue weighted by molar-refractivity contribution is 5.67. The van der Waals surface area contributed by atoms with Crippen molar-refractivity contribution < 1.29 is 9.53 Å². The van der Waals surface area contributed by atoms with E-state index in [0.717, 1.165) is 57.8 Å². The van der Waals surface area contributed by atoms with Gasteiger partial charge in [0.25, 0.3) is 0 Å². The molecule has 2 aliphatic rings. The molecule has 2 fully saturated rings. The maximum Gasteiger partial charge on any atom is 0.410 e. The molecule has 202 valence electrons. The van der Waals surface area contributed by atoms with Crippen molar-refractivity contribution in [3.05, 3.63) is 108 Å². The van der Waals surface area contributed by atoms with Crippen LogP contribution in [-0.2, 0) is 24.4 Å². The van der Waals surface area contributed by atoms with Crippen LogP contribution in [0.3, 0.4) is 0 Å². The van der Waals surface area contributed by atoms with Crippen LogP contribution in [0.2, 0.25) is 0 Å². The van der Waals surface area contributed by atoms with Crippen LogP contribution in [0.15, 0.2) is 91.0 Å². The Morgan fingerprint density at radius 2 is 1.16 bits per heavy atom. The normalized spacial score (nSPS) is 17.0. The van der Waals surface area contributed by atoms with E-state index < -0.39 is 0 Å². The van der Waals surface area contributed by atoms with Gasteiger partial charge in [-0.15, -0.1) is 0 Å². The Bertz CT molecular complexity index is 1040. The van der Waals surface area contributed by atoms with E-state index in [4.69, 9.17) is 4.74 Å². The van der Waals surface area contributed by atoms with Crippen molar-refractivity contribution >= 4 is 6.09 Å². The molecule has 3 aromatic rings. The van der Waals surface area contributed by atoms with E-state index in [1.165, 1.54) is 37.2 Å². The maximum absolute atomic E-state index is 12.3. The summed E-state index contributed by atoms with van der Waals surface area (Å²) in [5, 5.41) is 3.42. The molecular weight excluding hydrogens is 472 g/mol. The van der Waals surface area contributed by atoms with Crippen molar-refractivity contribution in [3.63, 3.8) is 0 Å². The summed E-state index contributed by atoms with van der Waals surface area (Å²) in [5.74, 6) is 0. The molecule has 0 aliphatic carbocycles. The SMILES string of the molecule is O=C(OCc1ccccc1)N1CCCN(Cc2ccccc2)CC1.c1ccc(CN2CCCNCC2)cc1. The molecule has 38 heavy (non-hydrogen) atoms. The molecule has 5 rings (SSSR count). The Kier molecular flexibility index (Phi) is 11.7. The fraction of sp³-hybridized carbons (Fsp3) is 0.406. The van der Waals surface area contributed by atoms with E-state index in [2.05, 4.69) is 69.7 Å². The van der Waals surface area contributed by atoms with E-state index in [-0.39, 0.29) is 6.09 Å². The fourth-order valence-corrected chi connectivity index (χ4v) is 4.87. The van der Waals surface area contributed by atoms with E-state index in [1.807, 2.05) is 41.3 Å². The van der Waals surface area contributed by atoms with Gasteiger partial charge in [0.1, 0.15) is 6.61 Å². The summed E-state index contributed by atoms with van der Waals surface area (Å²) in [6.07, 6.45) is 2.04. The second kappa shape index (κ2) is 15.9. The van der Waals surface area contributed by atoms with Gasteiger partial charge in [-0.1, -0.05) is 91.0 Å². The lowest BCUT2D eigenvalue weighted by Gasteiger charge is -2.21. The molecule has 0 bridgehead atoms. The Morgan fingerprint density at radius 3 is 1.79 bits per heavy atom. The summed E-state index contributed by atoms with van der Waals surface area (Å²) < 4.78 is 5.45. The third kappa shape index (κ3) is 9.93. The van der Waals surface area contributed by atoms with Crippen LogP contribution in [-0.4, -0.2) is 73.2 Å². The van der Waals surface area contributed by atoms with Gasteiger partial charge in [0.05, 0.1) is 0 Å². The minimum atomic E-state index is -0.208. The molecule has 0 radical (unpaired) electrons. The van der Waals surface area contributed by atoms with Crippen molar-refractivity contribution in [3.8, 4) is 0 Å². The number of carbonyl (C=O) groups is 1. The van der Waals surface area contributed by atoms with Crippen LogP contribution in [0.25, 0.3) is 0 Å². The van der Waals surface area contributed by atoms with Gasteiger partial charge < -0.3 is 15.0 Å². The second-order valence-electron chi connectivity index (χ2n) is 10.0. The minimum Gasteiger partial charge on any atom is -0.445 e. The van der Waals surface area contributed by atoms with E-state index in [9.17, 15) is 4.79 Å². The molecule has 3 aromatic carbocycles. The van der Waals surface area contributed by atoms with Gasteiger partial charge in [-0.3, -0.25) is 9.80 Å². The number of amides is 1. The monoisotopic (exact) mass is 514 g/mol. The molecule has 1 amide bonds. The summed E-state index contributed by atoms with van der Waals surface area (Å²) in [6.45, 7) is 10.5. The summed E-state index contributed by atoms with van der Waals surface area (Å²) in [5.41, 5.74) is 3.76. The smallest absolute Gasteiger partial charge is 0.410 e. The van der Waals surface area contributed by atoms with Crippen molar-refractivity contribution in [2.45, 2.75) is 32.5 Å². The Hall–Kier alpha value is -3.19. The first-order valence-corrected chi connectivity index (χ1v) is 14.0. The van der Waals surface area contributed by atoms with Crippen LogP contribution >= 0.6 is 0 Å². The predicted molar refractivity (Wildman–Crippen MR) is 154 cm³/mol. The van der Waals surface area contributed by atoms with Gasteiger partial charge in [-0.05, 0) is 42.6 Å². The van der Waals surface area contributed by atoms with Crippen molar-refractivity contribution in [1.29, 1.82) is 0 Å². The molecule has 0 saturated carbocycles. The average molecular weight is 515 g/mol. The van der Waals surface area contributed by atoms with Gasteiger partial charge in [0, 0.05) is 52.4 Å².